The van der Waals surface area contributed by atoms with Crippen molar-refractivity contribution in [3.8, 4) is 0 Å². The molecule has 0 spiro atoms. The molecule has 1 unspecified atom stereocenters. The van der Waals surface area contributed by atoms with Gasteiger partial charge >= 0.3 is 0 Å². The molecule has 0 aromatic heterocycles. The van der Waals surface area contributed by atoms with Crippen molar-refractivity contribution >= 4 is 29.1 Å². The lowest BCUT2D eigenvalue weighted by molar-refractivity contribution is -0.134. The second-order valence-electron chi connectivity index (χ2n) is 10.5. The van der Waals surface area contributed by atoms with Crippen molar-refractivity contribution in [2.75, 3.05) is 32.9 Å². The third-order valence-electron chi connectivity index (χ3n) is 7.76. The molecule has 206 valence electrons. The number of nitrogens with two attached hydrogens (primary N) is 1. The Morgan fingerprint density at radius 1 is 1.05 bits per heavy atom. The second-order valence-corrected chi connectivity index (χ2v) is 10.9. The minimum atomic E-state index is -0.897. The van der Waals surface area contributed by atoms with E-state index in [-0.39, 0.29) is 23.5 Å². The maximum atomic E-state index is 14.0. The van der Waals surface area contributed by atoms with E-state index in [0.717, 1.165) is 11.1 Å². The number of likely N-dealkylation sites (N-methyl/N-ethyl adjacent to an activating group) is 1. The number of rotatable bonds is 8. The molecule has 3 aromatic carbocycles. The standard InChI is InChI=1S/C31H37ClN4O3/c1-21(36-18-17-26(27(37)20-36)34-29(38)24-15-10-16-25(32)28(24)33)19-31(30(39)35(2)3,22-11-6-4-7-12-22)23-13-8-5-9-14-23/h4-16,21,26-27,37H,17-20,33H2,1-3H3,(H,34,38)/t21?,26-,27-/m0/s1. The number of β-amino-alcohol motifs (C(OH)–C–C–N with tert-alkyl or cyclic N) is 1. The van der Waals surface area contributed by atoms with Gasteiger partial charge in [-0.2, -0.15) is 0 Å². The maximum absolute atomic E-state index is 14.0. The number of nitrogens with zero attached hydrogens (tertiary/aromatic N) is 2. The highest BCUT2D eigenvalue weighted by atomic mass is 35.5. The van der Waals surface area contributed by atoms with E-state index >= 15 is 0 Å². The van der Waals surface area contributed by atoms with Gasteiger partial charge in [-0.25, -0.2) is 0 Å². The van der Waals surface area contributed by atoms with Crippen LogP contribution in [0.2, 0.25) is 5.02 Å². The third kappa shape index (κ3) is 5.96. The van der Waals surface area contributed by atoms with Gasteiger partial charge in [-0.15, -0.1) is 0 Å². The molecule has 1 heterocycles. The number of likely N-dealkylation sites (tertiary alicyclic amines) is 1. The Morgan fingerprint density at radius 3 is 2.18 bits per heavy atom. The molecule has 1 fully saturated rings. The lowest BCUT2D eigenvalue weighted by Gasteiger charge is -2.44. The number of carbonyl (C=O) groups excluding carboxylic acids is 2. The van der Waals surface area contributed by atoms with Crippen LogP contribution in [0.15, 0.2) is 78.9 Å². The van der Waals surface area contributed by atoms with Crippen LogP contribution in [0.1, 0.15) is 41.3 Å². The largest absolute Gasteiger partial charge is 0.397 e. The average molecular weight is 549 g/mol. The number of aliphatic hydroxyl groups excluding tert-OH is 1. The van der Waals surface area contributed by atoms with E-state index in [2.05, 4.69) is 17.1 Å². The molecule has 8 heteroatoms. The fraction of sp³-hybridized carbons (Fsp3) is 0.355. The molecule has 0 bridgehead atoms. The fourth-order valence-corrected chi connectivity index (χ4v) is 5.82. The molecule has 3 aromatic rings. The molecule has 3 atom stereocenters. The number of para-hydroxylation sites is 1. The van der Waals surface area contributed by atoms with Crippen LogP contribution < -0.4 is 11.1 Å². The van der Waals surface area contributed by atoms with E-state index in [1.54, 1.807) is 37.2 Å². The SMILES string of the molecule is CC(CC(C(=O)N(C)C)(c1ccccc1)c1ccccc1)N1CC[C@H](NC(=O)c2cccc(Cl)c2N)[C@@H](O)C1. The summed E-state index contributed by atoms with van der Waals surface area (Å²) in [7, 11) is 3.58. The molecule has 0 saturated carbocycles. The molecule has 1 aliphatic heterocycles. The Balaban J connectivity index is 1.55. The smallest absolute Gasteiger partial charge is 0.253 e. The van der Waals surface area contributed by atoms with Crippen molar-refractivity contribution in [3.05, 3.63) is 101 Å². The van der Waals surface area contributed by atoms with Crippen LogP contribution >= 0.6 is 11.6 Å². The van der Waals surface area contributed by atoms with Gasteiger partial charge in [0, 0.05) is 33.2 Å². The van der Waals surface area contributed by atoms with Gasteiger partial charge in [0.25, 0.3) is 5.91 Å². The fourth-order valence-electron chi connectivity index (χ4n) is 5.64. The predicted octanol–water partition coefficient (Wildman–Crippen LogP) is 3.94. The van der Waals surface area contributed by atoms with Gasteiger partial charge in [0.2, 0.25) is 5.91 Å². The van der Waals surface area contributed by atoms with E-state index in [4.69, 9.17) is 17.3 Å². The lowest BCUT2D eigenvalue weighted by Crippen LogP contribution is -2.57. The summed E-state index contributed by atoms with van der Waals surface area (Å²) >= 11 is 6.08. The maximum Gasteiger partial charge on any atom is 0.253 e. The molecular weight excluding hydrogens is 512 g/mol. The zero-order valence-electron chi connectivity index (χ0n) is 22.7. The first-order valence-electron chi connectivity index (χ1n) is 13.2. The minimum Gasteiger partial charge on any atom is -0.397 e. The highest BCUT2D eigenvalue weighted by Crippen LogP contribution is 2.40. The zero-order valence-corrected chi connectivity index (χ0v) is 23.4. The number of nitrogen functional groups attached to an aromatic ring is 1. The third-order valence-corrected chi connectivity index (χ3v) is 8.09. The summed E-state index contributed by atoms with van der Waals surface area (Å²) in [5.74, 6) is -0.349. The number of anilines is 1. The highest BCUT2D eigenvalue weighted by Gasteiger charge is 2.45. The van der Waals surface area contributed by atoms with Crippen LogP contribution in [0.4, 0.5) is 5.69 Å². The number of amides is 2. The summed E-state index contributed by atoms with van der Waals surface area (Å²) in [6.45, 7) is 3.12. The Kier molecular flexibility index (Phi) is 8.95. The van der Waals surface area contributed by atoms with Crippen LogP contribution in [0.3, 0.4) is 0 Å². The normalized spacial score (nSPS) is 18.8. The van der Waals surface area contributed by atoms with E-state index < -0.39 is 17.6 Å². The minimum absolute atomic E-state index is 0.00792. The van der Waals surface area contributed by atoms with Gasteiger partial charge in [0.05, 0.1) is 28.4 Å². The first-order chi connectivity index (χ1) is 18.6. The van der Waals surface area contributed by atoms with Crippen LogP contribution in [0.5, 0.6) is 0 Å². The number of aliphatic hydroxyl groups is 1. The number of piperidine rings is 1. The van der Waals surface area contributed by atoms with Gasteiger partial charge in [-0.05, 0) is 43.0 Å². The quantitative estimate of drug-likeness (QED) is 0.370. The topological polar surface area (TPSA) is 98.9 Å². The number of benzene rings is 3. The molecule has 1 aliphatic rings. The summed E-state index contributed by atoms with van der Waals surface area (Å²) in [4.78, 5) is 30.7. The van der Waals surface area contributed by atoms with Gasteiger partial charge in [0.15, 0.2) is 0 Å². The van der Waals surface area contributed by atoms with Crippen LogP contribution in [0.25, 0.3) is 0 Å². The van der Waals surface area contributed by atoms with Crippen LogP contribution in [-0.2, 0) is 10.2 Å². The molecule has 1 saturated heterocycles. The molecule has 39 heavy (non-hydrogen) atoms. The van der Waals surface area contributed by atoms with Crippen LogP contribution in [-0.4, -0.2) is 72.1 Å². The molecule has 0 aliphatic carbocycles. The van der Waals surface area contributed by atoms with Crippen molar-refractivity contribution < 1.29 is 14.7 Å². The summed E-state index contributed by atoms with van der Waals surface area (Å²) in [6, 6.07) is 24.3. The van der Waals surface area contributed by atoms with E-state index in [1.807, 2.05) is 60.7 Å². The first-order valence-corrected chi connectivity index (χ1v) is 13.6. The van der Waals surface area contributed by atoms with Crippen molar-refractivity contribution in [2.24, 2.45) is 0 Å². The molecule has 7 nitrogen and oxygen atoms in total. The molecule has 0 radical (unpaired) electrons. The van der Waals surface area contributed by atoms with E-state index in [0.29, 0.717) is 36.5 Å². The van der Waals surface area contributed by atoms with Crippen LogP contribution in [0, 0.1) is 0 Å². The van der Waals surface area contributed by atoms with Crippen molar-refractivity contribution in [3.63, 3.8) is 0 Å². The molecular formula is C31H37ClN4O3. The van der Waals surface area contributed by atoms with E-state index in [9.17, 15) is 14.7 Å². The van der Waals surface area contributed by atoms with E-state index in [1.165, 1.54) is 0 Å². The van der Waals surface area contributed by atoms with Gasteiger partial charge in [-0.3, -0.25) is 14.5 Å². The average Bonchev–Trinajstić information content (AvgIpc) is 2.94. The lowest BCUT2D eigenvalue weighted by atomic mass is 9.69. The Morgan fingerprint density at radius 2 is 1.64 bits per heavy atom. The number of nitrogens with one attached hydrogen (secondary N) is 1. The summed E-state index contributed by atoms with van der Waals surface area (Å²) < 4.78 is 0. The summed E-state index contributed by atoms with van der Waals surface area (Å²) in [5.41, 5.74) is 7.48. The van der Waals surface area contributed by atoms with Crippen molar-refractivity contribution in [2.45, 2.75) is 43.4 Å². The molecule has 4 N–H and O–H groups in total. The Labute approximate surface area is 235 Å². The predicted molar refractivity (Wildman–Crippen MR) is 156 cm³/mol. The summed E-state index contributed by atoms with van der Waals surface area (Å²) in [5, 5.41) is 14.3. The van der Waals surface area contributed by atoms with Gasteiger partial charge < -0.3 is 21.1 Å². The monoisotopic (exact) mass is 548 g/mol. The summed E-state index contributed by atoms with van der Waals surface area (Å²) in [6.07, 6.45) is 0.307. The zero-order chi connectivity index (χ0) is 28.2. The van der Waals surface area contributed by atoms with Crippen molar-refractivity contribution in [1.82, 2.24) is 15.1 Å². The Bertz CT molecular complexity index is 1250. The molecule has 2 amide bonds. The number of carbonyl (C=O) groups is 2. The Hall–Kier alpha value is -3.39. The highest BCUT2D eigenvalue weighted by molar-refractivity contribution is 6.33. The number of hydrogen-bond acceptors (Lipinski definition) is 5. The van der Waals surface area contributed by atoms with Crippen molar-refractivity contribution in [1.29, 1.82) is 0 Å². The number of hydrogen-bond donors (Lipinski definition) is 3. The van der Waals surface area contributed by atoms with Gasteiger partial charge in [-0.1, -0.05) is 78.3 Å². The van der Waals surface area contributed by atoms with Gasteiger partial charge in [0.1, 0.15) is 5.41 Å². The molecule has 4 rings (SSSR count). The second kappa shape index (κ2) is 12.2. The first kappa shape index (κ1) is 28.6. The number of halogens is 1.